The van der Waals surface area contributed by atoms with Gasteiger partial charge in [0.2, 0.25) is 0 Å². The first kappa shape index (κ1) is 16.5. The van der Waals surface area contributed by atoms with Crippen molar-refractivity contribution in [2.75, 3.05) is 7.05 Å². The third-order valence-electron chi connectivity index (χ3n) is 4.37. The molecule has 5 nitrogen and oxygen atoms in total. The molecule has 4 aromatic rings. The fourth-order valence-corrected chi connectivity index (χ4v) is 3.65. The fourth-order valence-electron chi connectivity index (χ4n) is 3.10. The van der Waals surface area contributed by atoms with Gasteiger partial charge >= 0.3 is 0 Å². The summed E-state index contributed by atoms with van der Waals surface area (Å²) in [6.45, 7) is 0.499. The monoisotopic (exact) mass is 362 g/mol. The number of amides is 1. The Morgan fingerprint density at radius 1 is 1.15 bits per heavy atom. The Balaban J connectivity index is 1.75. The molecule has 0 saturated carbocycles. The van der Waals surface area contributed by atoms with Crippen LogP contribution in [-0.2, 0) is 13.6 Å². The minimum absolute atomic E-state index is 0.0122. The van der Waals surface area contributed by atoms with Gasteiger partial charge in [0.1, 0.15) is 0 Å². The highest BCUT2D eigenvalue weighted by molar-refractivity contribution is 7.07. The van der Waals surface area contributed by atoms with E-state index in [9.17, 15) is 4.79 Å². The van der Waals surface area contributed by atoms with Crippen molar-refractivity contribution < 1.29 is 4.79 Å². The summed E-state index contributed by atoms with van der Waals surface area (Å²) in [4.78, 5) is 19.0. The molecule has 0 atom stereocenters. The zero-order chi connectivity index (χ0) is 18.1. The molecule has 0 fully saturated rings. The molecular weight excluding hydrogens is 344 g/mol. The van der Waals surface area contributed by atoms with Crippen molar-refractivity contribution in [1.29, 1.82) is 0 Å². The second-order valence-electron chi connectivity index (χ2n) is 6.22. The maximum atomic E-state index is 13.0. The number of aryl methyl sites for hydroxylation is 1. The smallest absolute Gasteiger partial charge is 0.254 e. The first-order valence-corrected chi connectivity index (χ1v) is 9.22. The van der Waals surface area contributed by atoms with Gasteiger partial charge in [-0.05, 0) is 22.9 Å². The molecule has 0 aliphatic heterocycles. The number of hydrogen-bond acceptors (Lipinski definition) is 4. The number of benzene rings is 2. The number of rotatable bonds is 4. The number of nitrogens with zero attached hydrogens (tertiary/aromatic N) is 4. The number of carbonyl (C=O) groups excluding carboxylic acids is 1. The topological polar surface area (TPSA) is 51.0 Å². The van der Waals surface area contributed by atoms with E-state index < -0.39 is 0 Å². The molecule has 2 heterocycles. The number of hydrogen-bond donors (Lipinski definition) is 0. The molecule has 4 rings (SSSR count). The maximum Gasteiger partial charge on any atom is 0.254 e. The first-order chi connectivity index (χ1) is 12.6. The molecule has 2 aromatic carbocycles. The average Bonchev–Trinajstić information content (AvgIpc) is 3.32. The molecule has 0 aliphatic rings. The lowest BCUT2D eigenvalue weighted by molar-refractivity contribution is 0.0785. The molecule has 26 heavy (non-hydrogen) atoms. The standard InChI is InChI=1S/C20H18N4OS/c1-23(11-14-12-26-13-21-14)20(25)18-8-7-17(19-9-10-24(2)22-19)15-5-3-4-6-16(15)18/h3-10,12-13H,11H2,1-2H3. The van der Waals surface area contributed by atoms with Crippen molar-refractivity contribution in [3.63, 3.8) is 0 Å². The third kappa shape index (κ3) is 2.99. The van der Waals surface area contributed by atoms with E-state index in [1.54, 1.807) is 15.1 Å². The Morgan fingerprint density at radius 3 is 2.65 bits per heavy atom. The van der Waals surface area contributed by atoms with Crippen LogP contribution in [0.2, 0.25) is 0 Å². The second kappa shape index (κ2) is 6.72. The van der Waals surface area contributed by atoms with Crippen LogP contribution in [0.5, 0.6) is 0 Å². The summed E-state index contributed by atoms with van der Waals surface area (Å²) < 4.78 is 1.78. The summed E-state index contributed by atoms with van der Waals surface area (Å²) >= 11 is 1.54. The van der Waals surface area contributed by atoms with E-state index in [1.807, 2.05) is 68.1 Å². The van der Waals surface area contributed by atoms with Crippen LogP contribution in [0.25, 0.3) is 22.0 Å². The lowest BCUT2D eigenvalue weighted by Gasteiger charge is -2.18. The molecule has 6 heteroatoms. The molecule has 130 valence electrons. The van der Waals surface area contributed by atoms with E-state index in [4.69, 9.17) is 0 Å². The average molecular weight is 362 g/mol. The highest BCUT2D eigenvalue weighted by Gasteiger charge is 2.18. The summed E-state index contributed by atoms with van der Waals surface area (Å²) in [6.07, 6.45) is 1.92. The van der Waals surface area contributed by atoms with Crippen LogP contribution in [-0.4, -0.2) is 32.6 Å². The number of thiazole rings is 1. The van der Waals surface area contributed by atoms with E-state index >= 15 is 0 Å². The molecule has 0 aliphatic carbocycles. The van der Waals surface area contributed by atoms with Crippen LogP contribution in [0.1, 0.15) is 16.1 Å². The molecule has 0 unspecified atom stereocenters. The Hall–Kier alpha value is -2.99. The SMILES string of the molecule is CN(Cc1cscn1)C(=O)c1ccc(-c2ccn(C)n2)c2ccccc12. The number of fused-ring (bicyclic) bond motifs is 1. The van der Waals surface area contributed by atoms with Crippen molar-refractivity contribution in [3.05, 3.63) is 70.8 Å². The van der Waals surface area contributed by atoms with E-state index in [1.165, 1.54) is 11.3 Å². The fraction of sp³-hybridized carbons (Fsp3) is 0.150. The third-order valence-corrected chi connectivity index (χ3v) is 5.01. The lowest BCUT2D eigenvalue weighted by atomic mass is 9.97. The van der Waals surface area contributed by atoms with E-state index in [-0.39, 0.29) is 5.91 Å². The molecule has 1 amide bonds. The summed E-state index contributed by atoms with van der Waals surface area (Å²) in [5.41, 5.74) is 5.31. The minimum Gasteiger partial charge on any atom is -0.336 e. The summed E-state index contributed by atoms with van der Waals surface area (Å²) in [5.74, 6) is -0.0122. The predicted octanol–water partition coefficient (Wildman–Crippen LogP) is 3.97. The highest BCUT2D eigenvalue weighted by Crippen LogP contribution is 2.30. The van der Waals surface area contributed by atoms with Crippen molar-refractivity contribution in [3.8, 4) is 11.3 Å². The van der Waals surface area contributed by atoms with Gasteiger partial charge in [-0.1, -0.05) is 30.3 Å². The lowest BCUT2D eigenvalue weighted by Crippen LogP contribution is -2.26. The minimum atomic E-state index is -0.0122. The Kier molecular flexibility index (Phi) is 4.26. The number of aromatic nitrogens is 3. The highest BCUT2D eigenvalue weighted by atomic mass is 32.1. The van der Waals surface area contributed by atoms with Gasteiger partial charge in [0.25, 0.3) is 5.91 Å². The predicted molar refractivity (Wildman–Crippen MR) is 104 cm³/mol. The van der Waals surface area contributed by atoms with Crippen molar-refractivity contribution >= 4 is 28.0 Å². The number of carbonyl (C=O) groups is 1. The van der Waals surface area contributed by atoms with Crippen molar-refractivity contribution in [2.24, 2.45) is 7.05 Å². The summed E-state index contributed by atoms with van der Waals surface area (Å²) in [5, 5.41) is 8.43. The van der Waals surface area contributed by atoms with E-state index in [2.05, 4.69) is 10.1 Å². The van der Waals surface area contributed by atoms with Gasteiger partial charge in [-0.25, -0.2) is 4.98 Å². The van der Waals surface area contributed by atoms with Crippen LogP contribution in [0.15, 0.2) is 59.6 Å². The molecule has 0 spiro atoms. The van der Waals surface area contributed by atoms with E-state index in [0.717, 1.165) is 27.7 Å². The van der Waals surface area contributed by atoms with E-state index in [0.29, 0.717) is 12.1 Å². The summed E-state index contributed by atoms with van der Waals surface area (Å²) in [7, 11) is 3.71. The second-order valence-corrected chi connectivity index (χ2v) is 6.94. The largest absolute Gasteiger partial charge is 0.336 e. The van der Waals surface area contributed by atoms with Gasteiger partial charge in [-0.15, -0.1) is 11.3 Å². The van der Waals surface area contributed by atoms with Crippen LogP contribution in [0.3, 0.4) is 0 Å². The van der Waals surface area contributed by atoms with Gasteiger partial charge in [-0.2, -0.15) is 5.10 Å². The van der Waals surface area contributed by atoms with Gasteiger partial charge in [0.15, 0.2) is 0 Å². The normalized spacial score (nSPS) is 11.0. The van der Waals surface area contributed by atoms with Gasteiger partial charge in [-0.3, -0.25) is 9.48 Å². The first-order valence-electron chi connectivity index (χ1n) is 8.28. The maximum absolute atomic E-state index is 13.0. The molecule has 0 N–H and O–H groups in total. The Labute approximate surface area is 155 Å². The van der Waals surface area contributed by atoms with Crippen LogP contribution in [0.4, 0.5) is 0 Å². The zero-order valence-corrected chi connectivity index (χ0v) is 15.4. The molecule has 0 saturated heterocycles. The summed E-state index contributed by atoms with van der Waals surface area (Å²) in [6, 6.07) is 13.8. The van der Waals surface area contributed by atoms with Crippen LogP contribution in [0, 0.1) is 0 Å². The molecule has 0 radical (unpaired) electrons. The quantitative estimate of drug-likeness (QED) is 0.552. The Bertz CT molecular complexity index is 1070. The van der Waals surface area contributed by atoms with Crippen LogP contribution >= 0.6 is 11.3 Å². The van der Waals surface area contributed by atoms with Gasteiger partial charge in [0.05, 0.1) is 23.4 Å². The van der Waals surface area contributed by atoms with Crippen molar-refractivity contribution in [1.82, 2.24) is 19.7 Å². The Morgan fingerprint density at radius 2 is 1.96 bits per heavy atom. The molecule has 2 aromatic heterocycles. The zero-order valence-electron chi connectivity index (χ0n) is 14.6. The van der Waals surface area contributed by atoms with Crippen LogP contribution < -0.4 is 0 Å². The van der Waals surface area contributed by atoms with Crippen molar-refractivity contribution in [2.45, 2.75) is 6.54 Å². The molecular formula is C20H18N4OS. The van der Waals surface area contributed by atoms with Gasteiger partial charge in [0, 0.05) is 36.8 Å². The van der Waals surface area contributed by atoms with Gasteiger partial charge < -0.3 is 4.90 Å². The molecule has 0 bridgehead atoms.